The Labute approximate surface area is 144 Å². The normalized spacial score (nSPS) is 10.3. The molecule has 2 aromatic carbocycles. The molecule has 0 aliphatic heterocycles. The summed E-state index contributed by atoms with van der Waals surface area (Å²) >= 11 is 0. The number of carbonyl (C=O) groups is 2. The first kappa shape index (κ1) is 16.4. The standard InChI is InChI=1S/C18H16N4O3/c1-2-25-18(24)14-3-7-15(8-4-14)21-17(23)13-5-9-16(10-6-13)22-12-19-11-20-22/h3-12H,2H2,1H3,(H,21,23). The maximum atomic E-state index is 12.3. The molecule has 1 aromatic heterocycles. The van der Waals surface area contributed by atoms with Gasteiger partial charge in [0.1, 0.15) is 12.7 Å². The molecule has 7 nitrogen and oxygen atoms in total. The van der Waals surface area contributed by atoms with Gasteiger partial charge in [0.25, 0.3) is 5.91 Å². The summed E-state index contributed by atoms with van der Waals surface area (Å²) in [6, 6.07) is 13.5. The van der Waals surface area contributed by atoms with Crippen LogP contribution < -0.4 is 5.32 Å². The topological polar surface area (TPSA) is 86.1 Å². The summed E-state index contributed by atoms with van der Waals surface area (Å²) in [5, 5.41) is 6.82. The predicted octanol–water partition coefficient (Wildman–Crippen LogP) is 2.70. The first-order chi connectivity index (χ1) is 12.2. The third kappa shape index (κ3) is 3.89. The molecule has 0 bridgehead atoms. The van der Waals surface area contributed by atoms with Gasteiger partial charge < -0.3 is 10.1 Å². The maximum absolute atomic E-state index is 12.3. The number of hydrogen-bond donors (Lipinski definition) is 1. The van der Waals surface area contributed by atoms with Crippen LogP contribution in [0.1, 0.15) is 27.6 Å². The molecule has 0 aliphatic rings. The highest BCUT2D eigenvalue weighted by atomic mass is 16.5. The SMILES string of the molecule is CCOC(=O)c1ccc(NC(=O)c2ccc(-n3cncn3)cc2)cc1. The third-order valence-electron chi connectivity index (χ3n) is 3.47. The fourth-order valence-electron chi connectivity index (χ4n) is 2.21. The highest BCUT2D eigenvalue weighted by Gasteiger charge is 2.09. The van der Waals surface area contributed by atoms with Crippen LogP contribution in [0.3, 0.4) is 0 Å². The van der Waals surface area contributed by atoms with Crippen LogP contribution in [-0.4, -0.2) is 33.2 Å². The zero-order chi connectivity index (χ0) is 17.6. The number of nitrogens with zero attached hydrogens (tertiary/aromatic N) is 3. The van der Waals surface area contributed by atoms with Crippen molar-refractivity contribution in [3.8, 4) is 5.69 Å². The molecule has 3 rings (SSSR count). The molecule has 0 radical (unpaired) electrons. The Kier molecular flexibility index (Phi) is 4.84. The van der Waals surface area contributed by atoms with Gasteiger partial charge in [-0.3, -0.25) is 4.79 Å². The van der Waals surface area contributed by atoms with Crippen LogP contribution in [0.15, 0.2) is 61.2 Å². The molecule has 0 spiro atoms. The lowest BCUT2D eigenvalue weighted by Gasteiger charge is -2.07. The minimum Gasteiger partial charge on any atom is -0.462 e. The second-order valence-electron chi connectivity index (χ2n) is 5.14. The van der Waals surface area contributed by atoms with Gasteiger partial charge in [-0.25, -0.2) is 14.5 Å². The minimum absolute atomic E-state index is 0.242. The summed E-state index contributed by atoms with van der Waals surface area (Å²) in [7, 11) is 0. The number of aromatic nitrogens is 3. The van der Waals surface area contributed by atoms with Crippen molar-refractivity contribution in [2.75, 3.05) is 11.9 Å². The smallest absolute Gasteiger partial charge is 0.338 e. The largest absolute Gasteiger partial charge is 0.462 e. The van der Waals surface area contributed by atoms with Gasteiger partial charge in [0.15, 0.2) is 0 Å². The van der Waals surface area contributed by atoms with Crippen molar-refractivity contribution >= 4 is 17.6 Å². The van der Waals surface area contributed by atoms with Gasteiger partial charge >= 0.3 is 5.97 Å². The molecule has 25 heavy (non-hydrogen) atoms. The Balaban J connectivity index is 1.66. The number of amides is 1. The molecule has 0 saturated carbocycles. The number of hydrogen-bond acceptors (Lipinski definition) is 5. The molecular weight excluding hydrogens is 320 g/mol. The summed E-state index contributed by atoms with van der Waals surface area (Å²) in [5.74, 6) is -0.627. The zero-order valence-corrected chi connectivity index (χ0v) is 13.5. The number of nitrogens with one attached hydrogen (secondary N) is 1. The number of benzene rings is 2. The van der Waals surface area contributed by atoms with E-state index in [1.165, 1.54) is 6.33 Å². The number of esters is 1. The van der Waals surface area contributed by atoms with Gasteiger partial charge in [0.05, 0.1) is 17.9 Å². The van der Waals surface area contributed by atoms with E-state index in [4.69, 9.17) is 4.74 Å². The molecular formula is C18H16N4O3. The molecule has 1 heterocycles. The van der Waals surface area contributed by atoms with Crippen LogP contribution in [0.4, 0.5) is 5.69 Å². The lowest BCUT2D eigenvalue weighted by Crippen LogP contribution is -2.12. The van der Waals surface area contributed by atoms with Crippen molar-refractivity contribution in [1.29, 1.82) is 0 Å². The molecule has 1 amide bonds. The zero-order valence-electron chi connectivity index (χ0n) is 13.5. The Morgan fingerprint density at radius 3 is 2.32 bits per heavy atom. The lowest BCUT2D eigenvalue weighted by atomic mass is 10.1. The average molecular weight is 336 g/mol. The van der Waals surface area contributed by atoms with Gasteiger partial charge in [0, 0.05) is 11.3 Å². The Hall–Kier alpha value is -3.48. The van der Waals surface area contributed by atoms with Crippen molar-refractivity contribution in [1.82, 2.24) is 14.8 Å². The summed E-state index contributed by atoms with van der Waals surface area (Å²) in [4.78, 5) is 27.8. The van der Waals surface area contributed by atoms with Gasteiger partial charge in [-0.1, -0.05) is 0 Å². The van der Waals surface area contributed by atoms with Crippen LogP contribution in [0.25, 0.3) is 5.69 Å². The number of carbonyl (C=O) groups excluding carboxylic acids is 2. The molecule has 0 atom stereocenters. The van der Waals surface area contributed by atoms with E-state index in [0.717, 1.165) is 5.69 Å². The van der Waals surface area contributed by atoms with Crippen molar-refractivity contribution < 1.29 is 14.3 Å². The maximum Gasteiger partial charge on any atom is 0.338 e. The van der Waals surface area contributed by atoms with Crippen LogP contribution in [-0.2, 0) is 4.74 Å². The van der Waals surface area contributed by atoms with Crippen molar-refractivity contribution in [2.24, 2.45) is 0 Å². The monoisotopic (exact) mass is 336 g/mol. The Morgan fingerprint density at radius 2 is 1.72 bits per heavy atom. The lowest BCUT2D eigenvalue weighted by molar-refractivity contribution is 0.0526. The van der Waals surface area contributed by atoms with E-state index >= 15 is 0 Å². The fraction of sp³-hybridized carbons (Fsp3) is 0.111. The van der Waals surface area contributed by atoms with Crippen LogP contribution >= 0.6 is 0 Å². The summed E-state index contributed by atoms with van der Waals surface area (Å²) < 4.78 is 6.53. The molecule has 126 valence electrons. The van der Waals surface area contributed by atoms with Crippen molar-refractivity contribution in [2.45, 2.75) is 6.92 Å². The highest BCUT2D eigenvalue weighted by molar-refractivity contribution is 6.04. The third-order valence-corrected chi connectivity index (χ3v) is 3.47. The summed E-state index contributed by atoms with van der Waals surface area (Å²) in [5.41, 5.74) is 2.36. The molecule has 1 N–H and O–H groups in total. The van der Waals surface area contributed by atoms with Crippen molar-refractivity contribution in [3.63, 3.8) is 0 Å². The number of rotatable bonds is 5. The van der Waals surface area contributed by atoms with Crippen LogP contribution in [0.5, 0.6) is 0 Å². The molecule has 0 fully saturated rings. The second-order valence-corrected chi connectivity index (χ2v) is 5.14. The molecule has 3 aromatic rings. The first-order valence-corrected chi connectivity index (χ1v) is 7.71. The van der Waals surface area contributed by atoms with Crippen LogP contribution in [0, 0.1) is 0 Å². The van der Waals surface area contributed by atoms with E-state index in [2.05, 4.69) is 15.4 Å². The number of ether oxygens (including phenoxy) is 1. The van der Waals surface area contributed by atoms with E-state index in [1.54, 1.807) is 66.5 Å². The van der Waals surface area contributed by atoms with E-state index in [0.29, 0.717) is 23.4 Å². The molecule has 0 saturated heterocycles. The predicted molar refractivity (Wildman–Crippen MR) is 91.7 cm³/mol. The average Bonchev–Trinajstić information content (AvgIpc) is 3.17. The quantitative estimate of drug-likeness (QED) is 0.724. The second kappa shape index (κ2) is 7.39. The van der Waals surface area contributed by atoms with E-state index in [9.17, 15) is 9.59 Å². The summed E-state index contributed by atoms with van der Waals surface area (Å²) in [6.07, 6.45) is 3.03. The fourth-order valence-corrected chi connectivity index (χ4v) is 2.21. The van der Waals surface area contributed by atoms with E-state index in [1.807, 2.05) is 0 Å². The van der Waals surface area contributed by atoms with E-state index < -0.39 is 0 Å². The van der Waals surface area contributed by atoms with Crippen LogP contribution in [0.2, 0.25) is 0 Å². The minimum atomic E-state index is -0.385. The van der Waals surface area contributed by atoms with E-state index in [-0.39, 0.29) is 11.9 Å². The summed E-state index contributed by atoms with van der Waals surface area (Å²) in [6.45, 7) is 2.07. The number of anilines is 1. The Bertz CT molecular complexity index is 856. The highest BCUT2D eigenvalue weighted by Crippen LogP contribution is 2.14. The molecule has 0 aliphatic carbocycles. The van der Waals surface area contributed by atoms with Gasteiger partial charge in [-0.05, 0) is 55.5 Å². The first-order valence-electron chi connectivity index (χ1n) is 7.71. The Morgan fingerprint density at radius 1 is 1.04 bits per heavy atom. The van der Waals surface area contributed by atoms with Gasteiger partial charge in [0.2, 0.25) is 0 Å². The van der Waals surface area contributed by atoms with Gasteiger partial charge in [-0.2, -0.15) is 5.10 Å². The van der Waals surface area contributed by atoms with Crippen molar-refractivity contribution in [3.05, 3.63) is 72.3 Å². The molecule has 0 unspecified atom stereocenters. The molecule has 7 heteroatoms. The van der Waals surface area contributed by atoms with Gasteiger partial charge in [-0.15, -0.1) is 0 Å².